The fourth-order valence-electron chi connectivity index (χ4n) is 1.84. The smallest absolute Gasteiger partial charge is 0.0668 e. The molecule has 1 unspecified atom stereocenters. The van der Waals surface area contributed by atoms with E-state index in [1.165, 1.54) is 5.56 Å². The van der Waals surface area contributed by atoms with Gasteiger partial charge in [-0.2, -0.15) is 0 Å². The summed E-state index contributed by atoms with van der Waals surface area (Å²) in [5.41, 5.74) is 1.27. The molecule has 0 saturated carbocycles. The number of rotatable bonds is 7. The van der Waals surface area contributed by atoms with Gasteiger partial charge in [-0.1, -0.05) is 44.2 Å². The lowest BCUT2D eigenvalue weighted by molar-refractivity contribution is 0.144. The van der Waals surface area contributed by atoms with E-state index in [0.717, 1.165) is 19.4 Å². The second kappa shape index (κ2) is 7.46. The highest BCUT2D eigenvalue weighted by molar-refractivity contribution is 5.16. The molecule has 2 atom stereocenters. The van der Waals surface area contributed by atoms with Crippen LogP contribution in [0, 0.1) is 5.92 Å². The van der Waals surface area contributed by atoms with Crippen molar-refractivity contribution in [2.24, 2.45) is 5.92 Å². The van der Waals surface area contributed by atoms with Gasteiger partial charge in [0.05, 0.1) is 6.10 Å². The van der Waals surface area contributed by atoms with Crippen LogP contribution in [0.5, 0.6) is 0 Å². The van der Waals surface area contributed by atoms with Crippen LogP contribution in [0.15, 0.2) is 30.3 Å². The molecule has 2 heteroatoms. The molecule has 0 aliphatic carbocycles. The minimum absolute atomic E-state index is 0.149. The Labute approximate surface area is 105 Å². The summed E-state index contributed by atoms with van der Waals surface area (Å²) >= 11 is 0. The van der Waals surface area contributed by atoms with Gasteiger partial charge in [-0.15, -0.1) is 0 Å². The van der Waals surface area contributed by atoms with Crippen molar-refractivity contribution < 1.29 is 5.11 Å². The maximum Gasteiger partial charge on any atom is 0.0668 e. The van der Waals surface area contributed by atoms with E-state index < -0.39 is 0 Å². The molecule has 0 radical (unpaired) electrons. The van der Waals surface area contributed by atoms with Crippen molar-refractivity contribution in [1.29, 1.82) is 0 Å². The third-order valence-corrected chi connectivity index (χ3v) is 3.01. The fourth-order valence-corrected chi connectivity index (χ4v) is 1.84. The molecular formula is C15H25NO. The van der Waals surface area contributed by atoms with Crippen LogP contribution in [0.2, 0.25) is 0 Å². The standard InChI is InChI=1S/C15H25NO/c1-12(2)9-10-16-15(13(3)17)11-14-7-5-4-6-8-14/h4-8,12-13,15-17H,9-11H2,1-3H3/t13-,15?/m1/s1. The minimum Gasteiger partial charge on any atom is -0.392 e. The second-order valence-corrected chi connectivity index (χ2v) is 5.17. The van der Waals surface area contributed by atoms with Gasteiger partial charge in [0.1, 0.15) is 0 Å². The van der Waals surface area contributed by atoms with Crippen LogP contribution in [0.3, 0.4) is 0 Å². The lowest BCUT2D eigenvalue weighted by atomic mass is 10.0. The van der Waals surface area contributed by atoms with Crippen LogP contribution in [0.1, 0.15) is 32.8 Å². The van der Waals surface area contributed by atoms with Gasteiger partial charge in [0.15, 0.2) is 0 Å². The number of aliphatic hydroxyl groups is 1. The summed E-state index contributed by atoms with van der Waals surface area (Å²) in [5, 5.41) is 13.2. The summed E-state index contributed by atoms with van der Waals surface area (Å²) in [7, 11) is 0. The van der Waals surface area contributed by atoms with Gasteiger partial charge in [0, 0.05) is 6.04 Å². The Kier molecular flexibility index (Phi) is 6.23. The van der Waals surface area contributed by atoms with Gasteiger partial charge in [-0.25, -0.2) is 0 Å². The van der Waals surface area contributed by atoms with E-state index in [0.29, 0.717) is 5.92 Å². The molecular weight excluding hydrogens is 210 g/mol. The van der Waals surface area contributed by atoms with E-state index in [9.17, 15) is 5.11 Å². The zero-order valence-electron chi connectivity index (χ0n) is 11.2. The number of aliphatic hydroxyl groups excluding tert-OH is 1. The van der Waals surface area contributed by atoms with E-state index in [1.807, 2.05) is 25.1 Å². The average molecular weight is 235 g/mol. The quantitative estimate of drug-likeness (QED) is 0.761. The molecule has 1 rings (SSSR count). The van der Waals surface area contributed by atoms with E-state index in [1.54, 1.807) is 0 Å². The normalized spacial score (nSPS) is 14.9. The Hall–Kier alpha value is -0.860. The van der Waals surface area contributed by atoms with Crippen molar-refractivity contribution in [3.05, 3.63) is 35.9 Å². The molecule has 96 valence electrons. The van der Waals surface area contributed by atoms with Gasteiger partial charge in [-0.05, 0) is 37.8 Å². The van der Waals surface area contributed by atoms with Crippen molar-refractivity contribution in [2.45, 2.75) is 45.8 Å². The number of hydrogen-bond acceptors (Lipinski definition) is 2. The molecule has 17 heavy (non-hydrogen) atoms. The summed E-state index contributed by atoms with van der Waals surface area (Å²) in [6.45, 7) is 7.27. The molecule has 2 N–H and O–H groups in total. The van der Waals surface area contributed by atoms with Crippen molar-refractivity contribution in [3.8, 4) is 0 Å². The summed E-state index contributed by atoms with van der Waals surface area (Å²) in [6.07, 6.45) is 1.72. The predicted molar refractivity (Wildman–Crippen MR) is 73.1 cm³/mol. The van der Waals surface area contributed by atoms with Crippen LogP contribution in [0.25, 0.3) is 0 Å². The predicted octanol–water partition coefficient (Wildman–Crippen LogP) is 2.61. The largest absolute Gasteiger partial charge is 0.392 e. The molecule has 0 fully saturated rings. The summed E-state index contributed by atoms with van der Waals surface area (Å²) in [4.78, 5) is 0. The highest BCUT2D eigenvalue weighted by atomic mass is 16.3. The van der Waals surface area contributed by atoms with Gasteiger partial charge < -0.3 is 10.4 Å². The molecule has 1 aromatic carbocycles. The first-order chi connectivity index (χ1) is 8.09. The minimum atomic E-state index is -0.317. The summed E-state index contributed by atoms with van der Waals surface area (Å²) in [6, 6.07) is 10.5. The van der Waals surface area contributed by atoms with E-state index >= 15 is 0 Å². The Morgan fingerprint density at radius 3 is 2.29 bits per heavy atom. The Balaban J connectivity index is 2.44. The molecule has 0 aromatic heterocycles. The Morgan fingerprint density at radius 2 is 1.76 bits per heavy atom. The Bertz CT molecular complexity index is 295. The molecule has 0 amide bonds. The molecule has 0 aliphatic rings. The van der Waals surface area contributed by atoms with Gasteiger partial charge in [-0.3, -0.25) is 0 Å². The van der Waals surface area contributed by atoms with E-state index in [-0.39, 0.29) is 12.1 Å². The molecule has 0 heterocycles. The first-order valence-electron chi connectivity index (χ1n) is 6.55. The van der Waals surface area contributed by atoms with Crippen molar-refractivity contribution in [1.82, 2.24) is 5.32 Å². The van der Waals surface area contributed by atoms with Gasteiger partial charge in [0.25, 0.3) is 0 Å². The van der Waals surface area contributed by atoms with Crippen LogP contribution < -0.4 is 5.32 Å². The van der Waals surface area contributed by atoms with Gasteiger partial charge >= 0.3 is 0 Å². The number of benzene rings is 1. The Morgan fingerprint density at radius 1 is 1.12 bits per heavy atom. The van der Waals surface area contributed by atoms with Crippen molar-refractivity contribution in [2.75, 3.05) is 6.54 Å². The highest BCUT2D eigenvalue weighted by Gasteiger charge is 2.14. The van der Waals surface area contributed by atoms with Crippen LogP contribution in [-0.2, 0) is 6.42 Å². The third kappa shape index (κ3) is 5.85. The molecule has 0 bridgehead atoms. The second-order valence-electron chi connectivity index (χ2n) is 5.17. The highest BCUT2D eigenvalue weighted by Crippen LogP contribution is 2.07. The molecule has 2 nitrogen and oxygen atoms in total. The monoisotopic (exact) mass is 235 g/mol. The third-order valence-electron chi connectivity index (χ3n) is 3.01. The van der Waals surface area contributed by atoms with E-state index in [2.05, 4.69) is 31.3 Å². The zero-order chi connectivity index (χ0) is 12.7. The molecule has 0 spiro atoms. The SMILES string of the molecule is CC(C)CCNC(Cc1ccccc1)[C@@H](C)O. The molecule has 1 aromatic rings. The summed E-state index contributed by atoms with van der Waals surface area (Å²) < 4.78 is 0. The average Bonchev–Trinajstić information content (AvgIpc) is 2.28. The lowest BCUT2D eigenvalue weighted by Gasteiger charge is -2.22. The van der Waals surface area contributed by atoms with Gasteiger partial charge in [0.2, 0.25) is 0 Å². The topological polar surface area (TPSA) is 32.3 Å². The zero-order valence-corrected chi connectivity index (χ0v) is 11.2. The number of hydrogen-bond donors (Lipinski definition) is 2. The first-order valence-corrected chi connectivity index (χ1v) is 6.55. The summed E-state index contributed by atoms with van der Waals surface area (Å²) in [5.74, 6) is 0.703. The maximum absolute atomic E-state index is 9.78. The van der Waals surface area contributed by atoms with E-state index in [4.69, 9.17) is 0 Å². The van der Waals surface area contributed by atoms with Crippen molar-refractivity contribution >= 4 is 0 Å². The lowest BCUT2D eigenvalue weighted by Crippen LogP contribution is -2.40. The van der Waals surface area contributed by atoms with Crippen LogP contribution in [0.4, 0.5) is 0 Å². The fraction of sp³-hybridized carbons (Fsp3) is 0.600. The van der Waals surface area contributed by atoms with Crippen LogP contribution >= 0.6 is 0 Å². The molecule has 0 aliphatic heterocycles. The first kappa shape index (κ1) is 14.2. The van der Waals surface area contributed by atoms with Crippen LogP contribution in [-0.4, -0.2) is 23.8 Å². The maximum atomic E-state index is 9.78. The number of nitrogens with one attached hydrogen (secondary N) is 1. The molecule has 0 saturated heterocycles. The van der Waals surface area contributed by atoms with Crippen molar-refractivity contribution in [3.63, 3.8) is 0 Å².